The molecular weight excluding hydrogens is 374 g/mol. The first-order valence-electron chi connectivity index (χ1n) is 10.2. The number of nitrogens with zero attached hydrogens (tertiary/aromatic N) is 1. The molecule has 1 aliphatic rings. The lowest BCUT2D eigenvalue weighted by Crippen LogP contribution is -2.40. The molecule has 1 atom stereocenters. The molecule has 2 aromatic rings. The molecule has 0 radical (unpaired) electrons. The van der Waals surface area contributed by atoms with Gasteiger partial charge in [0.05, 0.1) is 13.2 Å². The molecule has 29 heavy (non-hydrogen) atoms. The van der Waals surface area contributed by atoms with Gasteiger partial charge in [0.25, 0.3) is 0 Å². The molecule has 1 saturated heterocycles. The second-order valence-electron chi connectivity index (χ2n) is 7.43. The lowest BCUT2D eigenvalue weighted by Gasteiger charge is -2.35. The maximum absolute atomic E-state index is 13.7. The summed E-state index contributed by atoms with van der Waals surface area (Å²) >= 11 is 0. The van der Waals surface area contributed by atoms with Crippen molar-refractivity contribution in [1.29, 1.82) is 0 Å². The average Bonchev–Trinajstić information content (AvgIpc) is 2.75. The molecule has 3 rings (SSSR count). The Labute approximate surface area is 170 Å². The zero-order valence-electron chi connectivity index (χ0n) is 16.8. The van der Waals surface area contributed by atoms with Crippen molar-refractivity contribution in [3.05, 3.63) is 65.2 Å². The number of benzene rings is 2. The number of nitrogens with one attached hydrogen (secondary N) is 1. The minimum absolute atomic E-state index is 0.0797. The Bertz CT molecular complexity index is 805. The summed E-state index contributed by atoms with van der Waals surface area (Å²) in [5, 5.41) is 2.98. The van der Waals surface area contributed by atoms with Gasteiger partial charge in [-0.2, -0.15) is 0 Å². The summed E-state index contributed by atoms with van der Waals surface area (Å²) in [7, 11) is 1.64. The molecule has 156 valence electrons. The number of likely N-dealkylation sites (tertiary alicyclic amines) is 1. The molecular formula is C23H28F2N2O2. The van der Waals surface area contributed by atoms with Crippen molar-refractivity contribution in [3.63, 3.8) is 0 Å². The molecule has 4 nitrogen and oxygen atoms in total. The molecule has 1 N–H and O–H groups in total. The molecule has 6 heteroatoms. The summed E-state index contributed by atoms with van der Waals surface area (Å²) in [5.74, 6) is -0.341. The Kier molecular flexibility index (Phi) is 7.58. The number of carbonyl (C=O) groups excluding carboxylic acids is 1. The molecule has 1 amide bonds. The van der Waals surface area contributed by atoms with Gasteiger partial charge in [-0.3, -0.25) is 9.69 Å². The van der Waals surface area contributed by atoms with Crippen molar-refractivity contribution >= 4 is 5.91 Å². The summed E-state index contributed by atoms with van der Waals surface area (Å²) < 4.78 is 32.3. The zero-order chi connectivity index (χ0) is 20.6. The van der Waals surface area contributed by atoms with Crippen molar-refractivity contribution in [2.45, 2.75) is 38.1 Å². The van der Waals surface area contributed by atoms with Gasteiger partial charge in [0.2, 0.25) is 5.91 Å². The highest BCUT2D eigenvalue weighted by atomic mass is 19.1. The van der Waals surface area contributed by atoms with Crippen molar-refractivity contribution in [1.82, 2.24) is 10.2 Å². The number of ether oxygens (including phenoxy) is 1. The number of hydrogen-bond donors (Lipinski definition) is 1. The van der Waals surface area contributed by atoms with E-state index >= 15 is 0 Å². The van der Waals surface area contributed by atoms with Crippen molar-refractivity contribution in [2.75, 3.05) is 26.7 Å². The first kappa shape index (κ1) is 21.2. The van der Waals surface area contributed by atoms with Gasteiger partial charge in [0.1, 0.15) is 17.4 Å². The van der Waals surface area contributed by atoms with Gasteiger partial charge in [-0.25, -0.2) is 8.78 Å². The Hall–Kier alpha value is -2.47. The second kappa shape index (κ2) is 10.3. The number of hydrogen-bond acceptors (Lipinski definition) is 3. The summed E-state index contributed by atoms with van der Waals surface area (Å²) in [6.45, 7) is 2.49. The Balaban J connectivity index is 1.61. The number of aryl methyl sites for hydroxylation is 1. The fraction of sp³-hybridized carbons (Fsp3) is 0.435. The van der Waals surface area contributed by atoms with E-state index in [1.165, 1.54) is 6.42 Å². The van der Waals surface area contributed by atoms with E-state index in [2.05, 4.69) is 10.2 Å². The van der Waals surface area contributed by atoms with Gasteiger partial charge in [0.15, 0.2) is 0 Å². The fourth-order valence-corrected chi connectivity index (χ4v) is 3.80. The lowest BCUT2D eigenvalue weighted by atomic mass is 10.0. The lowest BCUT2D eigenvalue weighted by molar-refractivity contribution is -0.121. The highest BCUT2D eigenvalue weighted by Crippen LogP contribution is 2.26. The second-order valence-corrected chi connectivity index (χ2v) is 7.43. The van der Waals surface area contributed by atoms with E-state index in [1.54, 1.807) is 7.11 Å². The third kappa shape index (κ3) is 6.00. The number of methoxy groups -OCH3 is 1. The molecule has 1 fully saturated rings. The predicted octanol–water partition coefficient (Wildman–Crippen LogP) is 4.25. The summed E-state index contributed by atoms with van der Waals surface area (Å²) in [4.78, 5) is 14.8. The number of rotatable bonds is 8. The maximum atomic E-state index is 13.7. The molecule has 1 heterocycles. The summed E-state index contributed by atoms with van der Waals surface area (Å²) in [6, 6.07) is 11.3. The number of carbonyl (C=O) groups is 1. The van der Waals surface area contributed by atoms with Crippen LogP contribution in [0.2, 0.25) is 0 Å². The predicted molar refractivity (Wildman–Crippen MR) is 109 cm³/mol. The quantitative estimate of drug-likeness (QED) is 0.718. The molecule has 1 unspecified atom stereocenters. The maximum Gasteiger partial charge on any atom is 0.220 e. The molecule has 2 aromatic carbocycles. The van der Waals surface area contributed by atoms with Crippen LogP contribution in [-0.2, 0) is 11.2 Å². The van der Waals surface area contributed by atoms with Crippen LogP contribution in [0.1, 0.15) is 42.9 Å². The minimum Gasteiger partial charge on any atom is -0.497 e. The first-order chi connectivity index (χ1) is 14.1. The van der Waals surface area contributed by atoms with Gasteiger partial charge in [-0.05, 0) is 73.8 Å². The third-order valence-electron chi connectivity index (χ3n) is 5.45. The van der Waals surface area contributed by atoms with Crippen LogP contribution < -0.4 is 10.1 Å². The largest absolute Gasteiger partial charge is 0.497 e. The smallest absolute Gasteiger partial charge is 0.220 e. The Morgan fingerprint density at radius 1 is 1.10 bits per heavy atom. The van der Waals surface area contributed by atoms with Gasteiger partial charge in [-0.15, -0.1) is 0 Å². The molecule has 0 saturated carbocycles. The van der Waals surface area contributed by atoms with Crippen LogP contribution in [0.15, 0.2) is 42.5 Å². The van der Waals surface area contributed by atoms with E-state index in [-0.39, 0.29) is 30.4 Å². The van der Waals surface area contributed by atoms with E-state index in [0.29, 0.717) is 6.54 Å². The van der Waals surface area contributed by atoms with E-state index in [9.17, 15) is 13.6 Å². The number of halogens is 2. The van der Waals surface area contributed by atoms with E-state index in [0.717, 1.165) is 55.4 Å². The van der Waals surface area contributed by atoms with Crippen LogP contribution in [0.5, 0.6) is 5.75 Å². The SMILES string of the molecule is COc1ccc(C(CNC(=O)CCc2cc(F)ccc2F)N2CCCCC2)cc1. The number of piperidine rings is 1. The van der Waals surface area contributed by atoms with E-state index in [1.807, 2.05) is 24.3 Å². The molecule has 0 spiro atoms. The molecule has 0 aliphatic carbocycles. The number of amides is 1. The minimum atomic E-state index is -0.494. The van der Waals surface area contributed by atoms with Crippen LogP contribution in [0.4, 0.5) is 8.78 Å². The third-order valence-corrected chi connectivity index (χ3v) is 5.45. The molecule has 1 aliphatic heterocycles. The monoisotopic (exact) mass is 402 g/mol. The van der Waals surface area contributed by atoms with Crippen molar-refractivity contribution < 1.29 is 18.3 Å². The van der Waals surface area contributed by atoms with Gasteiger partial charge < -0.3 is 10.1 Å². The van der Waals surface area contributed by atoms with Crippen molar-refractivity contribution in [2.24, 2.45) is 0 Å². The van der Waals surface area contributed by atoms with Crippen LogP contribution in [0.25, 0.3) is 0 Å². The van der Waals surface area contributed by atoms with Crippen LogP contribution in [-0.4, -0.2) is 37.6 Å². The molecule has 0 bridgehead atoms. The standard InChI is InChI=1S/C23H28F2N2O2/c1-29-20-9-5-17(6-10-20)22(27-13-3-2-4-14-27)16-26-23(28)12-7-18-15-19(24)8-11-21(18)25/h5-6,8-11,15,22H,2-4,7,12-14,16H2,1H3,(H,26,28). The van der Waals surface area contributed by atoms with Crippen LogP contribution >= 0.6 is 0 Å². The normalized spacial score (nSPS) is 15.7. The van der Waals surface area contributed by atoms with Gasteiger partial charge in [0, 0.05) is 13.0 Å². The Morgan fingerprint density at radius 2 is 1.83 bits per heavy atom. The molecule has 0 aromatic heterocycles. The zero-order valence-corrected chi connectivity index (χ0v) is 16.8. The van der Waals surface area contributed by atoms with Crippen molar-refractivity contribution in [3.8, 4) is 5.75 Å². The van der Waals surface area contributed by atoms with Crippen LogP contribution in [0.3, 0.4) is 0 Å². The highest BCUT2D eigenvalue weighted by Gasteiger charge is 2.23. The Morgan fingerprint density at radius 3 is 2.52 bits per heavy atom. The average molecular weight is 402 g/mol. The van der Waals surface area contributed by atoms with Crippen LogP contribution in [0, 0.1) is 11.6 Å². The summed E-state index contributed by atoms with van der Waals surface area (Å²) in [6.07, 6.45) is 3.83. The summed E-state index contributed by atoms with van der Waals surface area (Å²) in [5.41, 5.74) is 1.35. The van der Waals surface area contributed by atoms with Gasteiger partial charge in [-0.1, -0.05) is 18.6 Å². The topological polar surface area (TPSA) is 41.6 Å². The van der Waals surface area contributed by atoms with Gasteiger partial charge >= 0.3 is 0 Å². The first-order valence-corrected chi connectivity index (χ1v) is 10.2. The fourth-order valence-electron chi connectivity index (χ4n) is 3.80. The highest BCUT2D eigenvalue weighted by molar-refractivity contribution is 5.76. The van der Waals surface area contributed by atoms with E-state index < -0.39 is 11.6 Å². The van der Waals surface area contributed by atoms with E-state index in [4.69, 9.17) is 4.74 Å².